The summed E-state index contributed by atoms with van der Waals surface area (Å²) in [6.07, 6.45) is 0. The molecule has 1 heterocycles. The molecule has 0 aliphatic rings. The Morgan fingerprint density at radius 1 is 1.23 bits per heavy atom. The quantitative estimate of drug-likeness (QED) is 0.668. The predicted octanol–water partition coefficient (Wildman–Crippen LogP) is 0.0866. The summed E-state index contributed by atoms with van der Waals surface area (Å²) in [5, 5.41) is 10.7. The highest BCUT2D eigenvalue weighted by Crippen LogP contribution is 2.03. The van der Waals surface area contributed by atoms with Gasteiger partial charge in [0.15, 0.2) is 0 Å². The van der Waals surface area contributed by atoms with E-state index in [4.69, 9.17) is 4.74 Å². The number of nitrogens with one attached hydrogen (secondary N) is 1. The maximum atomic E-state index is 5.24. The fraction of sp³-hybridized carbons (Fsp3) is 0.625. The molecule has 0 saturated carbocycles. The Balaban J connectivity index is 2.53. The van der Waals surface area contributed by atoms with Crippen LogP contribution in [0, 0.1) is 13.8 Å². The molecular formula is C8H14N4O. The van der Waals surface area contributed by atoms with Gasteiger partial charge in [-0.05, 0) is 20.9 Å². The lowest BCUT2D eigenvalue weighted by atomic mass is 10.4. The Kier molecular flexibility index (Phi) is 3.57. The topological polar surface area (TPSA) is 59.9 Å². The van der Waals surface area contributed by atoms with Crippen molar-refractivity contribution in [1.82, 2.24) is 20.5 Å². The van der Waals surface area contributed by atoms with Crippen LogP contribution in [-0.2, 0) is 0 Å². The Morgan fingerprint density at radius 3 is 2.62 bits per heavy atom. The van der Waals surface area contributed by atoms with Gasteiger partial charge in [0.25, 0.3) is 0 Å². The van der Waals surface area contributed by atoms with Gasteiger partial charge in [-0.3, -0.25) is 0 Å². The van der Waals surface area contributed by atoms with Crippen LogP contribution in [0.3, 0.4) is 0 Å². The number of aryl methyl sites for hydroxylation is 2. The highest BCUT2D eigenvalue weighted by Gasteiger charge is 2.00. The summed E-state index contributed by atoms with van der Waals surface area (Å²) in [7, 11) is 1.86. The molecule has 0 bridgehead atoms. The molecule has 0 radical (unpaired) electrons. The van der Waals surface area contributed by atoms with Gasteiger partial charge in [-0.2, -0.15) is 4.98 Å². The van der Waals surface area contributed by atoms with Gasteiger partial charge in [-0.15, -0.1) is 5.10 Å². The molecule has 72 valence electrons. The molecule has 1 aromatic heterocycles. The van der Waals surface area contributed by atoms with E-state index >= 15 is 0 Å². The van der Waals surface area contributed by atoms with E-state index < -0.39 is 0 Å². The first-order chi connectivity index (χ1) is 6.24. The Hall–Kier alpha value is -1.23. The maximum Gasteiger partial charge on any atom is 0.335 e. The van der Waals surface area contributed by atoms with Crippen molar-refractivity contribution < 1.29 is 4.74 Å². The summed E-state index contributed by atoms with van der Waals surface area (Å²) in [5.74, 6) is 0. The normalized spacial score (nSPS) is 10.1. The predicted molar refractivity (Wildman–Crippen MR) is 48.7 cm³/mol. The third-order valence-electron chi connectivity index (χ3n) is 1.66. The number of hydrogen-bond donors (Lipinski definition) is 1. The van der Waals surface area contributed by atoms with Gasteiger partial charge in [0.1, 0.15) is 6.61 Å². The lowest BCUT2D eigenvalue weighted by Gasteiger charge is -2.03. The third kappa shape index (κ3) is 2.95. The van der Waals surface area contributed by atoms with E-state index in [9.17, 15) is 0 Å². The molecule has 13 heavy (non-hydrogen) atoms. The van der Waals surface area contributed by atoms with Gasteiger partial charge < -0.3 is 10.1 Å². The van der Waals surface area contributed by atoms with Crippen molar-refractivity contribution in [2.24, 2.45) is 0 Å². The lowest BCUT2D eigenvalue weighted by Crippen LogP contribution is -2.17. The monoisotopic (exact) mass is 182 g/mol. The molecular weight excluding hydrogens is 168 g/mol. The molecule has 1 aromatic rings. The number of hydrogen-bond acceptors (Lipinski definition) is 5. The van der Waals surface area contributed by atoms with Crippen molar-refractivity contribution in [2.45, 2.75) is 13.8 Å². The molecule has 5 heteroatoms. The summed E-state index contributed by atoms with van der Waals surface area (Å²) < 4.78 is 5.24. The van der Waals surface area contributed by atoms with Crippen LogP contribution in [0.25, 0.3) is 0 Å². The van der Waals surface area contributed by atoms with Crippen LogP contribution >= 0.6 is 0 Å². The highest BCUT2D eigenvalue weighted by molar-refractivity contribution is 5.07. The van der Waals surface area contributed by atoms with Crippen LogP contribution < -0.4 is 10.1 Å². The first kappa shape index (κ1) is 9.85. The summed E-state index contributed by atoms with van der Waals surface area (Å²) in [6.45, 7) is 5.08. The number of aromatic nitrogens is 3. The second-order valence-electron chi connectivity index (χ2n) is 2.72. The minimum atomic E-state index is 0.346. The lowest BCUT2D eigenvalue weighted by molar-refractivity contribution is 0.288. The van der Waals surface area contributed by atoms with Crippen molar-refractivity contribution in [1.29, 1.82) is 0 Å². The first-order valence-electron chi connectivity index (χ1n) is 4.19. The molecule has 0 amide bonds. The fourth-order valence-corrected chi connectivity index (χ4v) is 0.742. The number of nitrogens with zero attached hydrogens (tertiary/aromatic N) is 3. The zero-order chi connectivity index (χ0) is 9.68. The second kappa shape index (κ2) is 4.71. The van der Waals surface area contributed by atoms with Crippen molar-refractivity contribution >= 4 is 0 Å². The second-order valence-corrected chi connectivity index (χ2v) is 2.72. The highest BCUT2D eigenvalue weighted by atomic mass is 16.5. The van der Waals surface area contributed by atoms with Crippen molar-refractivity contribution in [3.63, 3.8) is 0 Å². The van der Waals surface area contributed by atoms with Gasteiger partial charge in [0, 0.05) is 6.54 Å². The van der Waals surface area contributed by atoms with Crippen LogP contribution in [0.15, 0.2) is 0 Å². The van der Waals surface area contributed by atoms with E-state index in [1.54, 1.807) is 0 Å². The van der Waals surface area contributed by atoms with Gasteiger partial charge in [-0.1, -0.05) is 5.10 Å². The third-order valence-corrected chi connectivity index (χ3v) is 1.66. The van der Waals surface area contributed by atoms with Crippen LogP contribution in [0.4, 0.5) is 0 Å². The van der Waals surface area contributed by atoms with Crippen LogP contribution in [0.1, 0.15) is 11.4 Å². The fourth-order valence-electron chi connectivity index (χ4n) is 0.742. The zero-order valence-electron chi connectivity index (χ0n) is 8.16. The van der Waals surface area contributed by atoms with E-state index in [1.165, 1.54) is 0 Å². The molecule has 5 nitrogen and oxygen atoms in total. The van der Waals surface area contributed by atoms with Gasteiger partial charge >= 0.3 is 6.01 Å². The largest absolute Gasteiger partial charge is 0.461 e. The van der Waals surface area contributed by atoms with E-state index in [0.717, 1.165) is 17.9 Å². The Labute approximate surface area is 77.5 Å². The van der Waals surface area contributed by atoms with Gasteiger partial charge in [-0.25, -0.2) is 0 Å². The first-order valence-corrected chi connectivity index (χ1v) is 4.19. The van der Waals surface area contributed by atoms with Crippen LogP contribution in [0.5, 0.6) is 6.01 Å². The molecule has 0 spiro atoms. The average Bonchev–Trinajstić information content (AvgIpc) is 2.12. The molecule has 0 saturated heterocycles. The molecule has 0 aliphatic heterocycles. The number of ether oxygens (including phenoxy) is 1. The minimum Gasteiger partial charge on any atom is -0.461 e. The van der Waals surface area contributed by atoms with E-state index in [0.29, 0.717) is 12.6 Å². The number of rotatable bonds is 4. The molecule has 0 aromatic carbocycles. The molecule has 0 fully saturated rings. The molecule has 0 atom stereocenters. The molecule has 0 unspecified atom stereocenters. The summed E-state index contributed by atoms with van der Waals surface area (Å²) in [4.78, 5) is 4.12. The van der Waals surface area contributed by atoms with Gasteiger partial charge in [0.2, 0.25) is 0 Å². The molecule has 1 N–H and O–H groups in total. The van der Waals surface area contributed by atoms with Crippen molar-refractivity contribution in [3.8, 4) is 6.01 Å². The average molecular weight is 182 g/mol. The van der Waals surface area contributed by atoms with Crippen molar-refractivity contribution in [3.05, 3.63) is 11.4 Å². The maximum absolute atomic E-state index is 5.24. The number of likely N-dealkylation sites (N-methyl/N-ethyl adjacent to an activating group) is 1. The Bertz CT molecular complexity index is 277. The smallest absolute Gasteiger partial charge is 0.335 e. The van der Waals surface area contributed by atoms with Crippen molar-refractivity contribution in [2.75, 3.05) is 20.2 Å². The summed E-state index contributed by atoms with van der Waals surface area (Å²) in [6, 6.07) is 0.346. The summed E-state index contributed by atoms with van der Waals surface area (Å²) >= 11 is 0. The summed E-state index contributed by atoms with van der Waals surface area (Å²) in [5.41, 5.74) is 1.69. The standard InChI is InChI=1S/C8H14N4O/c1-6-7(2)11-12-8(10-6)13-5-4-9-3/h9H,4-5H2,1-3H3. The van der Waals surface area contributed by atoms with E-state index in [-0.39, 0.29) is 0 Å². The van der Waals surface area contributed by atoms with Gasteiger partial charge in [0.05, 0.1) is 11.4 Å². The van der Waals surface area contributed by atoms with Crippen LogP contribution in [-0.4, -0.2) is 35.4 Å². The SMILES string of the molecule is CNCCOc1nnc(C)c(C)n1. The Morgan fingerprint density at radius 2 is 2.00 bits per heavy atom. The van der Waals surface area contributed by atoms with Crippen LogP contribution in [0.2, 0.25) is 0 Å². The zero-order valence-corrected chi connectivity index (χ0v) is 8.16. The minimum absolute atomic E-state index is 0.346. The van der Waals surface area contributed by atoms with E-state index in [1.807, 2.05) is 20.9 Å². The van der Waals surface area contributed by atoms with E-state index in [2.05, 4.69) is 20.5 Å². The molecule has 1 rings (SSSR count). The molecule has 0 aliphatic carbocycles.